The van der Waals surface area contributed by atoms with Gasteiger partial charge in [-0.05, 0) is 12.1 Å². The summed E-state index contributed by atoms with van der Waals surface area (Å²) in [5.74, 6) is -0.679. The van der Waals surface area contributed by atoms with Crippen molar-refractivity contribution in [1.82, 2.24) is 0 Å². The molecule has 0 fully saturated rings. The highest BCUT2D eigenvalue weighted by atomic mass is 35.5. The third-order valence-corrected chi connectivity index (χ3v) is 1.77. The number of hydrogen-bond donors (Lipinski definition) is 0. The van der Waals surface area contributed by atoms with Gasteiger partial charge in [-0.25, -0.2) is 4.39 Å². The number of hydrogen-bond acceptors (Lipinski definition) is 1. The lowest BCUT2D eigenvalue weighted by molar-refractivity contribution is 0.112. The van der Waals surface area contributed by atoms with Crippen LogP contribution in [-0.2, 0) is 0 Å². The molecular weight excluding hydrogens is 190 g/mol. The van der Waals surface area contributed by atoms with Crippen molar-refractivity contribution in [3.8, 4) is 0 Å². The minimum Gasteiger partial charge on any atom is -0.298 e. The van der Waals surface area contributed by atoms with Gasteiger partial charge in [-0.1, -0.05) is 23.2 Å². The minimum atomic E-state index is -0.679. The molecule has 0 amide bonds. The fourth-order valence-corrected chi connectivity index (χ4v) is 1.03. The van der Waals surface area contributed by atoms with Crippen LogP contribution in [0.25, 0.3) is 0 Å². The zero-order valence-corrected chi connectivity index (χ0v) is 6.79. The van der Waals surface area contributed by atoms with E-state index < -0.39 is 5.82 Å². The van der Waals surface area contributed by atoms with Crippen LogP contribution >= 0.6 is 23.2 Å². The number of carbonyl (C=O) groups excluding carboxylic acids is 1. The highest BCUT2D eigenvalue weighted by Crippen LogP contribution is 2.22. The van der Waals surface area contributed by atoms with Crippen molar-refractivity contribution in [2.24, 2.45) is 0 Å². The topological polar surface area (TPSA) is 17.1 Å². The monoisotopic (exact) mass is 192 g/mol. The maximum Gasteiger partial charge on any atom is 0.151 e. The Kier molecular flexibility index (Phi) is 2.47. The number of benzene rings is 1. The van der Waals surface area contributed by atoms with Gasteiger partial charge in [0.05, 0.1) is 5.02 Å². The molecule has 4 heteroatoms. The number of rotatable bonds is 1. The van der Waals surface area contributed by atoms with Gasteiger partial charge >= 0.3 is 0 Å². The smallest absolute Gasteiger partial charge is 0.151 e. The summed E-state index contributed by atoms with van der Waals surface area (Å²) in [5.41, 5.74) is 0.0664. The molecule has 0 aliphatic carbocycles. The maximum atomic E-state index is 12.7. The molecule has 0 unspecified atom stereocenters. The van der Waals surface area contributed by atoms with E-state index in [2.05, 4.69) is 0 Å². The second kappa shape index (κ2) is 3.20. The van der Waals surface area contributed by atoms with Gasteiger partial charge in [0, 0.05) is 10.6 Å². The molecular formula is C7H3Cl2FO. The Balaban J connectivity index is 3.35. The minimum absolute atomic E-state index is 0.0664. The standard InChI is InChI=1S/C7H3Cl2FO/c8-5-1-4(3-11)7(9)6(10)2-5/h1-3H. The number of aldehydes is 1. The molecule has 1 aromatic rings. The van der Waals surface area contributed by atoms with Crippen LogP contribution < -0.4 is 0 Å². The largest absolute Gasteiger partial charge is 0.298 e. The molecule has 1 nitrogen and oxygen atoms in total. The van der Waals surface area contributed by atoms with E-state index in [0.717, 1.165) is 6.07 Å². The third kappa shape index (κ3) is 1.70. The average molecular weight is 193 g/mol. The molecule has 0 atom stereocenters. The Morgan fingerprint density at radius 2 is 2.00 bits per heavy atom. The van der Waals surface area contributed by atoms with Gasteiger partial charge < -0.3 is 0 Å². The van der Waals surface area contributed by atoms with Crippen molar-refractivity contribution in [3.63, 3.8) is 0 Å². The molecule has 0 aliphatic rings. The first-order valence-electron chi connectivity index (χ1n) is 2.75. The van der Waals surface area contributed by atoms with Crippen LogP contribution in [0.1, 0.15) is 10.4 Å². The van der Waals surface area contributed by atoms with Gasteiger partial charge in [-0.15, -0.1) is 0 Å². The van der Waals surface area contributed by atoms with E-state index in [1.807, 2.05) is 0 Å². The Morgan fingerprint density at radius 1 is 1.36 bits per heavy atom. The molecule has 0 aromatic heterocycles. The van der Waals surface area contributed by atoms with E-state index in [4.69, 9.17) is 23.2 Å². The van der Waals surface area contributed by atoms with Crippen LogP contribution in [0.5, 0.6) is 0 Å². The zero-order valence-electron chi connectivity index (χ0n) is 5.27. The van der Waals surface area contributed by atoms with E-state index in [9.17, 15) is 9.18 Å². The summed E-state index contributed by atoms with van der Waals surface area (Å²) in [6.07, 6.45) is 0.456. The summed E-state index contributed by atoms with van der Waals surface area (Å²) in [5, 5.41) is -0.0293. The normalized spacial score (nSPS) is 9.73. The van der Waals surface area contributed by atoms with Gasteiger partial charge in [0.25, 0.3) is 0 Å². The first-order chi connectivity index (χ1) is 5.15. The van der Waals surface area contributed by atoms with Crippen molar-refractivity contribution in [3.05, 3.63) is 33.6 Å². The molecule has 1 aromatic carbocycles. The third-order valence-electron chi connectivity index (χ3n) is 1.15. The molecule has 0 N–H and O–H groups in total. The van der Waals surface area contributed by atoms with E-state index in [-0.39, 0.29) is 15.6 Å². The molecule has 0 spiro atoms. The predicted molar refractivity (Wildman–Crippen MR) is 41.8 cm³/mol. The lowest BCUT2D eigenvalue weighted by atomic mass is 10.2. The van der Waals surface area contributed by atoms with E-state index >= 15 is 0 Å². The number of carbonyl (C=O) groups is 1. The summed E-state index contributed by atoms with van der Waals surface area (Å²) in [7, 11) is 0. The van der Waals surface area contributed by atoms with Crippen LogP contribution in [0.3, 0.4) is 0 Å². The van der Waals surface area contributed by atoms with E-state index in [1.54, 1.807) is 0 Å². The molecule has 1 rings (SSSR count). The van der Waals surface area contributed by atoms with Gasteiger partial charge in [0.1, 0.15) is 5.82 Å². The Morgan fingerprint density at radius 3 is 2.55 bits per heavy atom. The molecule has 0 bridgehead atoms. The lowest BCUT2D eigenvalue weighted by Gasteiger charge is -1.97. The molecule has 0 saturated heterocycles. The lowest BCUT2D eigenvalue weighted by Crippen LogP contribution is -1.86. The summed E-state index contributed by atoms with van der Waals surface area (Å²) in [6, 6.07) is 2.36. The summed E-state index contributed by atoms with van der Waals surface area (Å²) in [6.45, 7) is 0. The Hall–Kier alpha value is -0.600. The molecule has 0 aliphatic heterocycles. The van der Waals surface area contributed by atoms with Crippen molar-refractivity contribution >= 4 is 29.5 Å². The summed E-state index contributed by atoms with van der Waals surface area (Å²) >= 11 is 10.8. The van der Waals surface area contributed by atoms with Crippen molar-refractivity contribution in [2.45, 2.75) is 0 Å². The van der Waals surface area contributed by atoms with Crippen molar-refractivity contribution in [2.75, 3.05) is 0 Å². The van der Waals surface area contributed by atoms with Gasteiger partial charge in [-0.3, -0.25) is 4.79 Å². The quantitative estimate of drug-likeness (QED) is 0.494. The van der Waals surface area contributed by atoms with E-state index in [0.29, 0.717) is 6.29 Å². The summed E-state index contributed by atoms with van der Waals surface area (Å²) < 4.78 is 12.7. The highest BCUT2D eigenvalue weighted by molar-refractivity contribution is 6.35. The fraction of sp³-hybridized carbons (Fsp3) is 0. The zero-order chi connectivity index (χ0) is 8.43. The number of halogens is 3. The fourth-order valence-electron chi connectivity index (χ4n) is 0.662. The van der Waals surface area contributed by atoms with Crippen LogP contribution in [0, 0.1) is 5.82 Å². The van der Waals surface area contributed by atoms with Crippen LogP contribution in [0.15, 0.2) is 12.1 Å². The SMILES string of the molecule is O=Cc1cc(Cl)cc(F)c1Cl. The summed E-state index contributed by atoms with van der Waals surface area (Å²) in [4.78, 5) is 10.2. The first-order valence-corrected chi connectivity index (χ1v) is 3.50. The molecule has 0 heterocycles. The van der Waals surface area contributed by atoms with Crippen molar-refractivity contribution in [1.29, 1.82) is 0 Å². The Labute approximate surface area is 72.7 Å². The van der Waals surface area contributed by atoms with Gasteiger partial charge in [-0.2, -0.15) is 0 Å². The van der Waals surface area contributed by atoms with Crippen LogP contribution in [0.2, 0.25) is 10.0 Å². The molecule has 0 saturated carbocycles. The predicted octanol–water partition coefficient (Wildman–Crippen LogP) is 2.95. The molecule has 11 heavy (non-hydrogen) atoms. The second-order valence-corrected chi connectivity index (χ2v) is 2.72. The van der Waals surface area contributed by atoms with Gasteiger partial charge in [0.15, 0.2) is 6.29 Å². The molecule has 58 valence electrons. The maximum absolute atomic E-state index is 12.7. The molecule has 0 radical (unpaired) electrons. The van der Waals surface area contributed by atoms with E-state index in [1.165, 1.54) is 6.07 Å². The average Bonchev–Trinajstić information content (AvgIpc) is 1.96. The second-order valence-electron chi connectivity index (χ2n) is 1.91. The van der Waals surface area contributed by atoms with Gasteiger partial charge in [0.2, 0.25) is 0 Å². The van der Waals surface area contributed by atoms with Crippen LogP contribution in [0.4, 0.5) is 4.39 Å². The first kappa shape index (κ1) is 8.50. The Bertz CT molecular complexity index is 299. The van der Waals surface area contributed by atoms with Crippen LogP contribution in [-0.4, -0.2) is 6.29 Å². The highest BCUT2D eigenvalue weighted by Gasteiger charge is 2.06. The van der Waals surface area contributed by atoms with Crippen molar-refractivity contribution < 1.29 is 9.18 Å².